The van der Waals surface area contributed by atoms with Gasteiger partial charge in [-0.2, -0.15) is 11.3 Å². The van der Waals surface area contributed by atoms with Crippen molar-refractivity contribution in [1.82, 2.24) is 4.90 Å². The number of para-hydroxylation sites is 1. The van der Waals surface area contributed by atoms with Gasteiger partial charge in [0.15, 0.2) is 6.61 Å². The van der Waals surface area contributed by atoms with Crippen LogP contribution in [-0.2, 0) is 9.53 Å². The lowest BCUT2D eigenvalue weighted by atomic mass is 10.1. The van der Waals surface area contributed by atoms with E-state index in [1.165, 1.54) is 0 Å². The highest BCUT2D eigenvalue weighted by molar-refractivity contribution is 7.07. The minimum atomic E-state index is -0.582. The van der Waals surface area contributed by atoms with Crippen LogP contribution in [0.25, 0.3) is 0 Å². The largest absolute Gasteiger partial charge is 0.483 e. The van der Waals surface area contributed by atoms with Gasteiger partial charge in [0.25, 0.3) is 11.8 Å². The number of hydrogen-bond donors (Lipinski definition) is 1. The summed E-state index contributed by atoms with van der Waals surface area (Å²) in [6.45, 7) is 1.23. The Morgan fingerprint density at radius 1 is 1.33 bits per heavy atom. The van der Waals surface area contributed by atoms with Crippen LogP contribution >= 0.6 is 11.3 Å². The molecular formula is C17H18N2O4S. The number of nitrogens with zero attached hydrogens (tertiary/aromatic N) is 1. The predicted molar refractivity (Wildman–Crippen MR) is 90.0 cm³/mol. The number of benzene rings is 1. The number of rotatable bonds is 5. The SMILES string of the molecule is NC(=O)COc1ccccc1C(=O)N1CCOC(c2ccsc2)C1. The number of nitrogens with two attached hydrogens (primary N) is 1. The number of carbonyl (C=O) groups excluding carboxylic acids is 2. The number of ether oxygens (including phenoxy) is 2. The summed E-state index contributed by atoms with van der Waals surface area (Å²) in [5, 5.41) is 4.02. The Balaban J connectivity index is 1.75. The van der Waals surface area contributed by atoms with E-state index in [4.69, 9.17) is 15.2 Å². The Labute approximate surface area is 143 Å². The van der Waals surface area contributed by atoms with Gasteiger partial charge < -0.3 is 20.1 Å². The summed E-state index contributed by atoms with van der Waals surface area (Å²) in [5.74, 6) is -0.361. The van der Waals surface area contributed by atoms with Gasteiger partial charge in [-0.3, -0.25) is 9.59 Å². The van der Waals surface area contributed by atoms with Crippen molar-refractivity contribution >= 4 is 23.2 Å². The van der Waals surface area contributed by atoms with E-state index >= 15 is 0 Å². The fourth-order valence-corrected chi connectivity index (χ4v) is 3.28. The van der Waals surface area contributed by atoms with Crippen LogP contribution in [0, 0.1) is 0 Å². The van der Waals surface area contributed by atoms with Gasteiger partial charge in [-0.1, -0.05) is 12.1 Å². The minimum absolute atomic E-state index is 0.118. The number of hydrogen-bond acceptors (Lipinski definition) is 5. The lowest BCUT2D eigenvalue weighted by molar-refractivity contribution is -0.119. The van der Waals surface area contributed by atoms with E-state index in [-0.39, 0.29) is 18.6 Å². The Bertz CT molecular complexity index is 717. The van der Waals surface area contributed by atoms with Crippen molar-refractivity contribution in [2.24, 2.45) is 5.73 Å². The highest BCUT2D eigenvalue weighted by Crippen LogP contribution is 2.27. The summed E-state index contributed by atoms with van der Waals surface area (Å²) in [7, 11) is 0. The molecule has 0 bridgehead atoms. The first-order valence-corrected chi connectivity index (χ1v) is 8.52. The Morgan fingerprint density at radius 2 is 2.17 bits per heavy atom. The number of carbonyl (C=O) groups is 2. The number of morpholine rings is 1. The highest BCUT2D eigenvalue weighted by Gasteiger charge is 2.27. The molecule has 1 aromatic carbocycles. The first-order valence-electron chi connectivity index (χ1n) is 7.58. The van der Waals surface area contributed by atoms with Gasteiger partial charge in [0.2, 0.25) is 0 Å². The van der Waals surface area contributed by atoms with Crippen LogP contribution in [0.5, 0.6) is 5.75 Å². The molecule has 1 aliphatic rings. The maximum absolute atomic E-state index is 12.9. The second kappa shape index (κ2) is 7.46. The van der Waals surface area contributed by atoms with Crippen LogP contribution in [0.4, 0.5) is 0 Å². The second-order valence-electron chi connectivity index (χ2n) is 5.42. The molecule has 126 valence electrons. The van der Waals surface area contributed by atoms with Crippen molar-refractivity contribution in [3.63, 3.8) is 0 Å². The van der Waals surface area contributed by atoms with Gasteiger partial charge in [-0.15, -0.1) is 0 Å². The van der Waals surface area contributed by atoms with E-state index < -0.39 is 5.91 Å². The molecule has 1 fully saturated rings. The highest BCUT2D eigenvalue weighted by atomic mass is 32.1. The molecule has 0 radical (unpaired) electrons. The molecule has 1 unspecified atom stereocenters. The zero-order chi connectivity index (χ0) is 16.9. The van der Waals surface area contributed by atoms with E-state index in [1.54, 1.807) is 40.5 Å². The van der Waals surface area contributed by atoms with Gasteiger partial charge in [0.05, 0.1) is 18.7 Å². The molecule has 1 aromatic heterocycles. The van der Waals surface area contributed by atoms with Crippen LogP contribution in [0.1, 0.15) is 22.0 Å². The molecule has 1 atom stereocenters. The van der Waals surface area contributed by atoms with E-state index in [0.29, 0.717) is 31.0 Å². The molecule has 2 N–H and O–H groups in total. The van der Waals surface area contributed by atoms with E-state index in [9.17, 15) is 9.59 Å². The molecule has 7 heteroatoms. The molecule has 6 nitrogen and oxygen atoms in total. The van der Waals surface area contributed by atoms with Crippen LogP contribution in [0.3, 0.4) is 0 Å². The van der Waals surface area contributed by atoms with Crippen molar-refractivity contribution < 1.29 is 19.1 Å². The van der Waals surface area contributed by atoms with Crippen molar-refractivity contribution in [2.75, 3.05) is 26.3 Å². The normalized spacial score (nSPS) is 17.5. The topological polar surface area (TPSA) is 81.9 Å². The average molecular weight is 346 g/mol. The van der Waals surface area contributed by atoms with E-state index in [0.717, 1.165) is 5.56 Å². The summed E-state index contributed by atoms with van der Waals surface area (Å²) >= 11 is 1.60. The molecule has 0 spiro atoms. The van der Waals surface area contributed by atoms with Crippen LogP contribution in [-0.4, -0.2) is 43.0 Å². The maximum atomic E-state index is 12.9. The molecular weight excluding hydrogens is 328 g/mol. The van der Waals surface area contributed by atoms with E-state index in [1.807, 2.05) is 16.8 Å². The van der Waals surface area contributed by atoms with E-state index in [2.05, 4.69) is 0 Å². The van der Waals surface area contributed by atoms with Gasteiger partial charge in [-0.05, 0) is 34.5 Å². The predicted octanol–water partition coefficient (Wildman–Crippen LogP) is 1.83. The molecule has 2 amide bonds. The molecule has 0 saturated carbocycles. The van der Waals surface area contributed by atoms with Gasteiger partial charge >= 0.3 is 0 Å². The maximum Gasteiger partial charge on any atom is 0.257 e. The lowest BCUT2D eigenvalue weighted by Gasteiger charge is -2.33. The van der Waals surface area contributed by atoms with Crippen LogP contribution < -0.4 is 10.5 Å². The minimum Gasteiger partial charge on any atom is -0.483 e. The monoisotopic (exact) mass is 346 g/mol. The first-order chi connectivity index (χ1) is 11.6. The number of thiophene rings is 1. The Kier molecular flexibility index (Phi) is 5.12. The molecule has 1 saturated heterocycles. The third-order valence-electron chi connectivity index (χ3n) is 3.76. The lowest BCUT2D eigenvalue weighted by Crippen LogP contribution is -2.42. The van der Waals surface area contributed by atoms with Crippen molar-refractivity contribution in [3.8, 4) is 5.75 Å². The molecule has 2 heterocycles. The summed E-state index contributed by atoms with van der Waals surface area (Å²) < 4.78 is 11.1. The standard InChI is InChI=1S/C17H18N2O4S/c18-16(20)10-23-14-4-2-1-3-13(14)17(21)19-6-7-22-15(9-19)12-5-8-24-11-12/h1-5,8,11,15H,6-7,9-10H2,(H2,18,20). The summed E-state index contributed by atoms with van der Waals surface area (Å²) in [4.78, 5) is 25.5. The third kappa shape index (κ3) is 3.74. The summed E-state index contributed by atoms with van der Waals surface area (Å²) in [6, 6.07) is 8.87. The molecule has 3 rings (SSSR count). The van der Waals surface area contributed by atoms with Gasteiger partial charge in [-0.25, -0.2) is 0 Å². The van der Waals surface area contributed by atoms with Crippen molar-refractivity contribution in [3.05, 3.63) is 52.2 Å². The fourth-order valence-electron chi connectivity index (χ4n) is 2.58. The molecule has 0 aliphatic carbocycles. The quantitative estimate of drug-likeness (QED) is 0.895. The van der Waals surface area contributed by atoms with Gasteiger partial charge in [0, 0.05) is 6.54 Å². The first kappa shape index (κ1) is 16.5. The smallest absolute Gasteiger partial charge is 0.257 e. The number of primary amides is 1. The van der Waals surface area contributed by atoms with Crippen molar-refractivity contribution in [1.29, 1.82) is 0 Å². The summed E-state index contributed by atoms with van der Waals surface area (Å²) in [5.41, 5.74) is 6.61. The molecule has 24 heavy (non-hydrogen) atoms. The Hall–Kier alpha value is -2.38. The summed E-state index contributed by atoms with van der Waals surface area (Å²) in [6.07, 6.45) is -0.118. The molecule has 1 aliphatic heterocycles. The zero-order valence-electron chi connectivity index (χ0n) is 13.0. The average Bonchev–Trinajstić information content (AvgIpc) is 3.14. The van der Waals surface area contributed by atoms with Gasteiger partial charge in [0.1, 0.15) is 11.9 Å². The third-order valence-corrected chi connectivity index (χ3v) is 4.46. The Morgan fingerprint density at radius 3 is 2.92 bits per heavy atom. The zero-order valence-corrected chi connectivity index (χ0v) is 13.8. The molecule has 2 aromatic rings. The number of amides is 2. The second-order valence-corrected chi connectivity index (χ2v) is 6.20. The van der Waals surface area contributed by atoms with Crippen molar-refractivity contribution in [2.45, 2.75) is 6.10 Å². The van der Waals surface area contributed by atoms with Crippen LogP contribution in [0.2, 0.25) is 0 Å². The van der Waals surface area contributed by atoms with Crippen LogP contribution in [0.15, 0.2) is 41.1 Å². The fraction of sp³-hybridized carbons (Fsp3) is 0.294.